The fourth-order valence-electron chi connectivity index (χ4n) is 1.44. The van der Waals surface area contributed by atoms with E-state index >= 15 is 0 Å². The van der Waals surface area contributed by atoms with E-state index in [-0.39, 0.29) is 0 Å². The molecule has 1 nitrogen and oxygen atoms in total. The minimum Gasteiger partial charge on any atom is -0.313 e. The van der Waals surface area contributed by atoms with Gasteiger partial charge in [0.05, 0.1) is 0 Å². The molecule has 0 aliphatic rings. The molecule has 0 fully saturated rings. The van der Waals surface area contributed by atoms with Crippen LogP contribution in [0.25, 0.3) is 6.08 Å². The molecule has 1 heteroatoms. The zero-order valence-corrected chi connectivity index (χ0v) is 11.5. The minimum absolute atomic E-state index is 0.362. The van der Waals surface area contributed by atoms with E-state index < -0.39 is 0 Å². The Kier molecular flexibility index (Phi) is 5.43. The summed E-state index contributed by atoms with van der Waals surface area (Å²) >= 11 is 0. The summed E-state index contributed by atoms with van der Waals surface area (Å²) in [5.74, 6) is 0.702. The van der Waals surface area contributed by atoms with Gasteiger partial charge in [-0.3, -0.25) is 0 Å². The van der Waals surface area contributed by atoms with E-state index in [1.165, 1.54) is 5.56 Å². The number of rotatable bonds is 6. The predicted octanol–water partition coefficient (Wildman–Crippen LogP) is 3.97. The number of nitrogens with one attached hydrogen (secondary N) is 1. The predicted molar refractivity (Wildman–Crippen MR) is 77.0 cm³/mol. The smallest absolute Gasteiger partial charge is 0.0138 e. The molecule has 0 aliphatic carbocycles. The first-order chi connectivity index (χ1) is 8.02. The first kappa shape index (κ1) is 14.0. The van der Waals surface area contributed by atoms with Crippen molar-refractivity contribution in [3.8, 4) is 0 Å². The normalized spacial score (nSPS) is 12.5. The molecule has 0 saturated heterocycles. The van der Waals surface area contributed by atoms with Crippen molar-refractivity contribution in [2.75, 3.05) is 13.1 Å². The zero-order valence-electron chi connectivity index (χ0n) is 11.5. The van der Waals surface area contributed by atoms with Crippen molar-refractivity contribution in [1.29, 1.82) is 0 Å². The van der Waals surface area contributed by atoms with E-state index in [1.54, 1.807) is 0 Å². The van der Waals surface area contributed by atoms with Crippen LogP contribution < -0.4 is 5.32 Å². The van der Waals surface area contributed by atoms with E-state index in [9.17, 15) is 0 Å². The third-order valence-electron chi connectivity index (χ3n) is 3.52. The summed E-state index contributed by atoms with van der Waals surface area (Å²) in [5.41, 5.74) is 1.62. The summed E-state index contributed by atoms with van der Waals surface area (Å²) < 4.78 is 0. The van der Waals surface area contributed by atoms with Gasteiger partial charge < -0.3 is 5.32 Å². The van der Waals surface area contributed by atoms with Gasteiger partial charge in [0.1, 0.15) is 0 Å². The standard InChI is InChI=1S/C16H25N/c1-14(2)16(3,4)13-17-12-8-11-15-9-6-5-7-10-15/h5-11,14,17H,12-13H2,1-4H3/b11-8+. The van der Waals surface area contributed by atoms with Crippen LogP contribution >= 0.6 is 0 Å². The Morgan fingerprint density at radius 2 is 1.82 bits per heavy atom. The number of benzene rings is 1. The van der Waals surface area contributed by atoms with Gasteiger partial charge in [0.25, 0.3) is 0 Å². The van der Waals surface area contributed by atoms with Gasteiger partial charge in [-0.1, -0.05) is 70.2 Å². The van der Waals surface area contributed by atoms with Gasteiger partial charge in [-0.15, -0.1) is 0 Å². The van der Waals surface area contributed by atoms with Crippen LogP contribution in [0, 0.1) is 11.3 Å². The van der Waals surface area contributed by atoms with Crippen LogP contribution in [0.2, 0.25) is 0 Å². The quantitative estimate of drug-likeness (QED) is 0.730. The molecule has 0 amide bonds. The Morgan fingerprint density at radius 3 is 2.41 bits per heavy atom. The van der Waals surface area contributed by atoms with Gasteiger partial charge in [0, 0.05) is 13.1 Å². The summed E-state index contributed by atoms with van der Waals surface area (Å²) in [7, 11) is 0. The Bertz CT molecular complexity index is 336. The molecular formula is C16H25N. The van der Waals surface area contributed by atoms with Crippen molar-refractivity contribution >= 4 is 6.08 Å². The molecule has 94 valence electrons. The third-order valence-corrected chi connectivity index (χ3v) is 3.52. The van der Waals surface area contributed by atoms with Gasteiger partial charge in [-0.25, -0.2) is 0 Å². The molecule has 1 aromatic carbocycles. The van der Waals surface area contributed by atoms with Crippen LogP contribution in [0.15, 0.2) is 36.4 Å². The van der Waals surface area contributed by atoms with E-state index in [0.29, 0.717) is 11.3 Å². The van der Waals surface area contributed by atoms with Gasteiger partial charge in [0.2, 0.25) is 0 Å². The van der Waals surface area contributed by atoms with E-state index in [4.69, 9.17) is 0 Å². The molecule has 0 spiro atoms. The lowest BCUT2D eigenvalue weighted by molar-refractivity contribution is 0.242. The first-order valence-electron chi connectivity index (χ1n) is 6.44. The maximum Gasteiger partial charge on any atom is 0.0138 e. The second kappa shape index (κ2) is 6.61. The summed E-state index contributed by atoms with van der Waals surface area (Å²) in [4.78, 5) is 0. The monoisotopic (exact) mass is 231 g/mol. The summed E-state index contributed by atoms with van der Waals surface area (Å²) in [6.07, 6.45) is 4.35. The van der Waals surface area contributed by atoms with Gasteiger partial charge in [0.15, 0.2) is 0 Å². The van der Waals surface area contributed by atoms with Crippen LogP contribution in [-0.4, -0.2) is 13.1 Å². The van der Waals surface area contributed by atoms with Gasteiger partial charge >= 0.3 is 0 Å². The maximum atomic E-state index is 3.49. The van der Waals surface area contributed by atoms with Crippen LogP contribution in [-0.2, 0) is 0 Å². The molecule has 1 N–H and O–H groups in total. The molecule has 17 heavy (non-hydrogen) atoms. The highest BCUT2D eigenvalue weighted by Crippen LogP contribution is 2.24. The third kappa shape index (κ3) is 5.18. The zero-order chi connectivity index (χ0) is 12.7. The second-order valence-corrected chi connectivity index (χ2v) is 5.59. The molecule has 1 aromatic rings. The lowest BCUT2D eigenvalue weighted by Gasteiger charge is -2.29. The maximum absolute atomic E-state index is 3.49. The molecule has 0 aliphatic heterocycles. The summed E-state index contributed by atoms with van der Waals surface area (Å²) in [5, 5.41) is 3.49. The topological polar surface area (TPSA) is 12.0 Å². The summed E-state index contributed by atoms with van der Waals surface area (Å²) in [6, 6.07) is 10.4. The van der Waals surface area contributed by atoms with Crippen molar-refractivity contribution in [2.45, 2.75) is 27.7 Å². The van der Waals surface area contributed by atoms with Crippen LogP contribution in [0.3, 0.4) is 0 Å². The highest BCUT2D eigenvalue weighted by Gasteiger charge is 2.20. The van der Waals surface area contributed by atoms with E-state index in [2.05, 4.69) is 69.4 Å². The molecule has 0 heterocycles. The molecule has 0 saturated carbocycles. The average Bonchev–Trinajstić information content (AvgIpc) is 2.29. The Labute approximate surface area is 106 Å². The largest absolute Gasteiger partial charge is 0.313 e. The molecule has 0 unspecified atom stereocenters. The fraction of sp³-hybridized carbons (Fsp3) is 0.500. The molecular weight excluding hydrogens is 206 g/mol. The summed E-state index contributed by atoms with van der Waals surface area (Å²) in [6.45, 7) is 11.2. The van der Waals surface area contributed by atoms with Crippen LogP contribution in [0.4, 0.5) is 0 Å². The SMILES string of the molecule is CC(C)C(C)(C)CNC/C=C/c1ccccc1. The molecule has 0 atom stereocenters. The Balaban J connectivity index is 2.27. The second-order valence-electron chi connectivity index (χ2n) is 5.59. The van der Waals surface area contributed by atoms with Crippen molar-refractivity contribution in [3.63, 3.8) is 0 Å². The van der Waals surface area contributed by atoms with Crippen LogP contribution in [0.1, 0.15) is 33.3 Å². The van der Waals surface area contributed by atoms with Crippen LogP contribution in [0.5, 0.6) is 0 Å². The first-order valence-corrected chi connectivity index (χ1v) is 6.44. The Morgan fingerprint density at radius 1 is 1.18 bits per heavy atom. The number of hydrogen-bond acceptors (Lipinski definition) is 1. The molecule has 0 bridgehead atoms. The van der Waals surface area contributed by atoms with Gasteiger partial charge in [-0.05, 0) is 16.9 Å². The minimum atomic E-state index is 0.362. The van der Waals surface area contributed by atoms with E-state index in [0.717, 1.165) is 13.1 Å². The fourth-order valence-corrected chi connectivity index (χ4v) is 1.44. The van der Waals surface area contributed by atoms with Crippen molar-refractivity contribution < 1.29 is 0 Å². The van der Waals surface area contributed by atoms with E-state index in [1.807, 2.05) is 6.07 Å². The molecule has 0 radical (unpaired) electrons. The van der Waals surface area contributed by atoms with Gasteiger partial charge in [-0.2, -0.15) is 0 Å². The Hall–Kier alpha value is -1.08. The lowest BCUT2D eigenvalue weighted by Crippen LogP contribution is -2.33. The highest BCUT2D eigenvalue weighted by atomic mass is 14.9. The molecule has 0 aromatic heterocycles. The van der Waals surface area contributed by atoms with Crippen molar-refractivity contribution in [3.05, 3.63) is 42.0 Å². The molecule has 1 rings (SSSR count). The van der Waals surface area contributed by atoms with Crippen molar-refractivity contribution in [1.82, 2.24) is 5.32 Å². The van der Waals surface area contributed by atoms with Crippen molar-refractivity contribution in [2.24, 2.45) is 11.3 Å². The average molecular weight is 231 g/mol. The number of hydrogen-bond donors (Lipinski definition) is 1. The highest BCUT2D eigenvalue weighted by molar-refractivity contribution is 5.48. The lowest BCUT2D eigenvalue weighted by atomic mass is 9.81.